The summed E-state index contributed by atoms with van der Waals surface area (Å²) < 4.78 is 0. The number of fused-ring (bicyclic) bond motifs is 9. The van der Waals surface area contributed by atoms with Gasteiger partial charge >= 0.3 is 0 Å². The van der Waals surface area contributed by atoms with E-state index in [2.05, 4.69) is 135 Å². The lowest BCUT2D eigenvalue weighted by molar-refractivity contribution is -0.0399. The molecule has 246 valence electrons. The minimum atomic E-state index is -0.0976. The zero-order valence-electron chi connectivity index (χ0n) is 29.4. The Hall–Kier alpha value is -5.01. The van der Waals surface area contributed by atoms with E-state index < -0.39 is 0 Å². The lowest BCUT2D eigenvalue weighted by Gasteiger charge is -2.61. The van der Waals surface area contributed by atoms with Gasteiger partial charge in [0.2, 0.25) is 0 Å². The molecule has 6 aliphatic carbocycles. The van der Waals surface area contributed by atoms with Crippen molar-refractivity contribution in [1.82, 2.24) is 4.98 Å². The fourth-order valence-electron chi connectivity index (χ4n) is 12.7. The molecule has 1 heterocycles. The van der Waals surface area contributed by atoms with Crippen molar-refractivity contribution in [2.75, 3.05) is 0 Å². The second kappa shape index (κ2) is 9.86. The zero-order chi connectivity index (χ0) is 33.6. The third-order valence-corrected chi connectivity index (χ3v) is 14.5. The van der Waals surface area contributed by atoms with Crippen LogP contribution in [0.3, 0.4) is 0 Å². The van der Waals surface area contributed by atoms with Crippen LogP contribution in [0.15, 0.2) is 128 Å². The van der Waals surface area contributed by atoms with E-state index in [0.717, 1.165) is 29.2 Å². The number of aromatic nitrogens is 1. The van der Waals surface area contributed by atoms with Gasteiger partial charge in [0.25, 0.3) is 0 Å². The summed E-state index contributed by atoms with van der Waals surface area (Å²) in [7, 11) is 0. The highest BCUT2D eigenvalue weighted by Crippen LogP contribution is 2.70. The SMILES string of the molecule is CC1(C)c2cccc(-c3cc4c(cc3-c3cccc5cccnc35)C3(c5ccccc5-4)C4CC5CC(C4)CC3C5)c2-c2c1ccc1ccccc21. The summed E-state index contributed by atoms with van der Waals surface area (Å²) in [6, 6.07) is 46.8. The molecule has 7 aromatic rings. The quantitative estimate of drug-likeness (QED) is 0.181. The molecule has 1 heteroatoms. The minimum Gasteiger partial charge on any atom is -0.256 e. The van der Waals surface area contributed by atoms with Crippen molar-refractivity contribution in [1.29, 1.82) is 0 Å². The van der Waals surface area contributed by atoms with Gasteiger partial charge in [0.15, 0.2) is 0 Å². The van der Waals surface area contributed by atoms with Crippen LogP contribution in [0.4, 0.5) is 0 Å². The predicted octanol–water partition coefficient (Wildman–Crippen LogP) is 12.8. The predicted molar refractivity (Wildman–Crippen MR) is 211 cm³/mol. The van der Waals surface area contributed by atoms with Crippen molar-refractivity contribution in [3.63, 3.8) is 0 Å². The summed E-state index contributed by atoms with van der Waals surface area (Å²) in [5, 5.41) is 3.85. The van der Waals surface area contributed by atoms with Crippen LogP contribution < -0.4 is 0 Å². The normalized spacial score (nSPS) is 25.7. The molecule has 4 saturated carbocycles. The molecule has 1 spiro atoms. The molecule has 1 aromatic heterocycles. The van der Waals surface area contributed by atoms with E-state index in [1.807, 2.05) is 6.20 Å². The van der Waals surface area contributed by atoms with E-state index in [9.17, 15) is 0 Å². The fourth-order valence-corrected chi connectivity index (χ4v) is 12.7. The molecule has 1 nitrogen and oxygen atoms in total. The average Bonchev–Trinajstić information content (AvgIpc) is 3.58. The fraction of sp³-hybridized carbons (Fsp3) is 0.260. The second-order valence-corrected chi connectivity index (χ2v) is 17.1. The van der Waals surface area contributed by atoms with Crippen LogP contribution in [-0.4, -0.2) is 4.98 Å². The number of rotatable bonds is 2. The molecular formula is C50H41N. The number of para-hydroxylation sites is 1. The summed E-state index contributed by atoms with van der Waals surface area (Å²) in [6.07, 6.45) is 8.99. The molecule has 0 atom stereocenters. The number of pyridine rings is 1. The van der Waals surface area contributed by atoms with Gasteiger partial charge in [0.05, 0.1) is 5.52 Å². The van der Waals surface area contributed by atoms with Gasteiger partial charge in [-0.25, -0.2) is 0 Å². The molecule has 0 aliphatic heterocycles. The van der Waals surface area contributed by atoms with Crippen LogP contribution in [0.5, 0.6) is 0 Å². The summed E-state index contributed by atoms with van der Waals surface area (Å²) in [4.78, 5) is 5.07. The Morgan fingerprint density at radius 3 is 1.98 bits per heavy atom. The van der Waals surface area contributed by atoms with Gasteiger partial charge in [0.1, 0.15) is 0 Å². The van der Waals surface area contributed by atoms with Crippen molar-refractivity contribution in [2.45, 2.75) is 56.8 Å². The summed E-state index contributed by atoms with van der Waals surface area (Å²) >= 11 is 0. The van der Waals surface area contributed by atoms with Crippen molar-refractivity contribution < 1.29 is 0 Å². The summed E-state index contributed by atoms with van der Waals surface area (Å²) in [5.41, 5.74) is 18.2. The molecule has 0 amide bonds. The van der Waals surface area contributed by atoms with Crippen LogP contribution in [0.1, 0.15) is 68.2 Å². The highest BCUT2D eigenvalue weighted by atomic mass is 14.7. The number of hydrogen-bond acceptors (Lipinski definition) is 1. The van der Waals surface area contributed by atoms with Crippen molar-refractivity contribution in [2.24, 2.45) is 23.7 Å². The topological polar surface area (TPSA) is 12.9 Å². The Balaban J connectivity index is 1.21. The number of hydrogen-bond donors (Lipinski definition) is 0. The molecular weight excluding hydrogens is 615 g/mol. The standard InChI is InChI=1S/C50H41N/c1-49(2)43-18-8-15-37(47(43)46-35-13-4-3-10-31(35)19-20-44(46)49)39-27-41-36-14-5-6-17-42(36)50(33-23-29-22-30(25-33)26-34(50)24-29)45(41)28-40(39)38-16-7-11-32-12-9-21-51-48(32)38/h3-21,27-30,33-34H,22-26H2,1-2H3. The molecule has 6 aliphatic rings. The smallest absolute Gasteiger partial charge is 0.0780 e. The van der Waals surface area contributed by atoms with Gasteiger partial charge in [0, 0.05) is 28.0 Å². The van der Waals surface area contributed by atoms with Gasteiger partial charge in [-0.2, -0.15) is 0 Å². The molecule has 6 aromatic carbocycles. The summed E-state index contributed by atoms with van der Waals surface area (Å²) in [5.74, 6) is 3.28. The minimum absolute atomic E-state index is 0.0976. The Kier molecular flexibility index (Phi) is 5.54. The molecule has 0 N–H and O–H groups in total. The van der Waals surface area contributed by atoms with Gasteiger partial charge in [-0.1, -0.05) is 117 Å². The second-order valence-electron chi connectivity index (χ2n) is 17.1. The lowest BCUT2D eigenvalue weighted by atomic mass is 9.43. The van der Waals surface area contributed by atoms with Crippen LogP contribution in [0.25, 0.3) is 66.2 Å². The number of nitrogens with zero attached hydrogens (tertiary/aromatic N) is 1. The molecule has 51 heavy (non-hydrogen) atoms. The zero-order valence-corrected chi connectivity index (χ0v) is 29.4. The molecule has 0 unspecified atom stereocenters. The van der Waals surface area contributed by atoms with Crippen LogP contribution in [0.2, 0.25) is 0 Å². The third kappa shape index (κ3) is 3.55. The third-order valence-electron chi connectivity index (χ3n) is 14.5. The van der Waals surface area contributed by atoms with E-state index >= 15 is 0 Å². The van der Waals surface area contributed by atoms with Crippen LogP contribution in [-0.2, 0) is 10.8 Å². The first-order valence-electron chi connectivity index (χ1n) is 19.3. The highest BCUT2D eigenvalue weighted by molar-refractivity contribution is 6.09. The van der Waals surface area contributed by atoms with E-state index in [-0.39, 0.29) is 10.8 Å². The summed E-state index contributed by atoms with van der Waals surface area (Å²) in [6.45, 7) is 4.84. The van der Waals surface area contributed by atoms with Gasteiger partial charge in [-0.3, -0.25) is 4.98 Å². The van der Waals surface area contributed by atoms with Gasteiger partial charge in [-0.05, 0) is 146 Å². The molecule has 0 radical (unpaired) electrons. The maximum absolute atomic E-state index is 5.07. The first kappa shape index (κ1) is 28.7. The van der Waals surface area contributed by atoms with Crippen molar-refractivity contribution in [3.8, 4) is 44.5 Å². The molecule has 13 rings (SSSR count). The van der Waals surface area contributed by atoms with E-state index in [4.69, 9.17) is 4.98 Å². The lowest BCUT2D eigenvalue weighted by Crippen LogP contribution is -2.55. The first-order chi connectivity index (χ1) is 25.0. The van der Waals surface area contributed by atoms with Crippen molar-refractivity contribution >= 4 is 21.7 Å². The van der Waals surface area contributed by atoms with Crippen molar-refractivity contribution in [3.05, 3.63) is 150 Å². The van der Waals surface area contributed by atoms with Gasteiger partial charge < -0.3 is 0 Å². The maximum atomic E-state index is 5.07. The largest absolute Gasteiger partial charge is 0.256 e. The highest BCUT2D eigenvalue weighted by Gasteiger charge is 2.61. The first-order valence-corrected chi connectivity index (χ1v) is 19.3. The Labute approximate surface area is 300 Å². The Morgan fingerprint density at radius 1 is 0.471 bits per heavy atom. The van der Waals surface area contributed by atoms with E-state index in [0.29, 0.717) is 0 Å². The van der Waals surface area contributed by atoms with E-state index in [1.54, 1.807) is 11.1 Å². The Bertz CT molecular complexity index is 2600. The molecule has 4 bridgehead atoms. The molecule has 4 fully saturated rings. The average molecular weight is 656 g/mol. The van der Waals surface area contributed by atoms with E-state index in [1.165, 1.54) is 104 Å². The van der Waals surface area contributed by atoms with Crippen LogP contribution >= 0.6 is 0 Å². The van der Waals surface area contributed by atoms with Gasteiger partial charge in [-0.15, -0.1) is 0 Å². The number of benzene rings is 6. The maximum Gasteiger partial charge on any atom is 0.0780 e. The Morgan fingerprint density at radius 2 is 1.12 bits per heavy atom. The monoisotopic (exact) mass is 655 g/mol. The molecule has 0 saturated heterocycles. The van der Waals surface area contributed by atoms with Crippen LogP contribution in [0, 0.1) is 23.7 Å².